The summed E-state index contributed by atoms with van der Waals surface area (Å²) in [6, 6.07) is 3.99. The van der Waals surface area contributed by atoms with E-state index in [0.29, 0.717) is 5.82 Å². The number of nitrogens with two attached hydrogens (primary N) is 1. The van der Waals surface area contributed by atoms with E-state index in [9.17, 15) is 0 Å². The maximum atomic E-state index is 6.01. The van der Waals surface area contributed by atoms with Gasteiger partial charge in [0.2, 0.25) is 0 Å². The van der Waals surface area contributed by atoms with Crippen LogP contribution in [0.5, 0.6) is 0 Å². The molecule has 4 N–H and O–H groups in total. The van der Waals surface area contributed by atoms with E-state index >= 15 is 0 Å². The van der Waals surface area contributed by atoms with Crippen molar-refractivity contribution in [2.24, 2.45) is 9.98 Å². The standard InChI is InChI=1S/C14H19N7/c1-3-21(9(2)10-5-4-6-16-12(10)15)14-11-7-19-20-13(11)17-8-18-14/h4-9,13,19-20H,3H2,1-2H3,(H2,15,16)/t9-,13?/m0/s1. The second-order valence-electron chi connectivity index (χ2n) is 4.95. The molecule has 0 aliphatic carbocycles. The first kappa shape index (κ1) is 13.6. The number of anilines is 1. The van der Waals surface area contributed by atoms with Gasteiger partial charge in [-0.25, -0.2) is 20.4 Å². The summed E-state index contributed by atoms with van der Waals surface area (Å²) in [4.78, 5) is 15.1. The van der Waals surface area contributed by atoms with Crippen LogP contribution in [0, 0.1) is 0 Å². The maximum Gasteiger partial charge on any atom is 0.148 e. The van der Waals surface area contributed by atoms with E-state index in [-0.39, 0.29) is 12.2 Å². The van der Waals surface area contributed by atoms with Crippen LogP contribution >= 0.6 is 0 Å². The maximum absolute atomic E-state index is 6.01. The van der Waals surface area contributed by atoms with Crippen LogP contribution in [-0.2, 0) is 0 Å². The summed E-state index contributed by atoms with van der Waals surface area (Å²) in [5.41, 5.74) is 14.1. The van der Waals surface area contributed by atoms with E-state index in [4.69, 9.17) is 5.73 Å². The van der Waals surface area contributed by atoms with Gasteiger partial charge in [-0.05, 0) is 19.9 Å². The molecule has 0 aromatic carbocycles. The smallest absolute Gasteiger partial charge is 0.148 e. The van der Waals surface area contributed by atoms with Crippen molar-refractivity contribution in [2.45, 2.75) is 26.1 Å². The van der Waals surface area contributed by atoms with Gasteiger partial charge in [0.1, 0.15) is 24.2 Å². The van der Waals surface area contributed by atoms with Gasteiger partial charge in [-0.3, -0.25) is 0 Å². The Balaban J connectivity index is 1.93. The second-order valence-corrected chi connectivity index (χ2v) is 4.95. The fourth-order valence-corrected chi connectivity index (χ4v) is 2.69. The molecule has 3 heterocycles. The molecule has 1 aromatic rings. The third-order valence-electron chi connectivity index (χ3n) is 3.80. The first-order valence-corrected chi connectivity index (χ1v) is 7.00. The van der Waals surface area contributed by atoms with E-state index in [1.165, 1.54) is 0 Å². The van der Waals surface area contributed by atoms with Gasteiger partial charge < -0.3 is 16.1 Å². The summed E-state index contributed by atoms with van der Waals surface area (Å²) in [6.07, 6.45) is 5.13. The molecule has 0 spiro atoms. The Morgan fingerprint density at radius 2 is 2.33 bits per heavy atom. The first-order valence-electron chi connectivity index (χ1n) is 7.00. The number of aliphatic imine (C=N–C) groups is 2. The summed E-state index contributed by atoms with van der Waals surface area (Å²) in [5, 5.41) is 0. The molecule has 0 bridgehead atoms. The number of aromatic nitrogens is 1. The van der Waals surface area contributed by atoms with Crippen LogP contribution in [0.1, 0.15) is 25.5 Å². The highest BCUT2D eigenvalue weighted by molar-refractivity contribution is 6.05. The third kappa shape index (κ3) is 2.36. The molecular weight excluding hydrogens is 266 g/mol. The summed E-state index contributed by atoms with van der Waals surface area (Å²) < 4.78 is 0. The molecule has 21 heavy (non-hydrogen) atoms. The first-order chi connectivity index (χ1) is 10.2. The van der Waals surface area contributed by atoms with Crippen LogP contribution < -0.4 is 16.6 Å². The van der Waals surface area contributed by atoms with E-state index in [1.807, 2.05) is 18.3 Å². The predicted octanol–water partition coefficient (Wildman–Crippen LogP) is 0.805. The fraction of sp³-hybridized carbons (Fsp3) is 0.357. The molecule has 0 saturated heterocycles. The Labute approximate surface area is 123 Å². The van der Waals surface area contributed by atoms with Crippen molar-refractivity contribution in [1.82, 2.24) is 20.7 Å². The molecule has 0 amide bonds. The Bertz CT molecular complexity index is 620. The number of nitrogens with zero attached hydrogens (tertiary/aromatic N) is 4. The lowest BCUT2D eigenvalue weighted by Gasteiger charge is -2.33. The number of pyridine rings is 1. The molecule has 110 valence electrons. The Morgan fingerprint density at radius 3 is 3.10 bits per heavy atom. The lowest BCUT2D eigenvalue weighted by Crippen LogP contribution is -2.41. The Hall–Kier alpha value is -2.41. The van der Waals surface area contributed by atoms with Crippen LogP contribution in [0.4, 0.5) is 5.82 Å². The highest BCUT2D eigenvalue weighted by Gasteiger charge is 2.30. The lowest BCUT2D eigenvalue weighted by atomic mass is 10.1. The molecule has 3 rings (SSSR count). The quantitative estimate of drug-likeness (QED) is 0.764. The van der Waals surface area contributed by atoms with Crippen LogP contribution in [0.25, 0.3) is 0 Å². The number of hydrazine groups is 1. The number of nitrogens with one attached hydrogen (secondary N) is 2. The molecule has 0 fully saturated rings. The van der Waals surface area contributed by atoms with Crippen molar-refractivity contribution in [3.05, 3.63) is 35.7 Å². The number of hydrogen-bond acceptors (Lipinski definition) is 7. The van der Waals surface area contributed by atoms with E-state index in [0.717, 1.165) is 23.5 Å². The number of amidine groups is 1. The zero-order chi connectivity index (χ0) is 14.8. The highest BCUT2D eigenvalue weighted by atomic mass is 15.4. The van der Waals surface area contributed by atoms with Crippen molar-refractivity contribution in [3.8, 4) is 0 Å². The number of hydrogen-bond donors (Lipinski definition) is 3. The van der Waals surface area contributed by atoms with Crippen LogP contribution in [-0.4, -0.2) is 34.8 Å². The Kier molecular flexibility index (Phi) is 3.57. The molecular formula is C14H19N7. The largest absolute Gasteiger partial charge is 0.383 e. The van der Waals surface area contributed by atoms with Gasteiger partial charge in [-0.15, -0.1) is 0 Å². The van der Waals surface area contributed by atoms with Crippen molar-refractivity contribution >= 4 is 18.0 Å². The summed E-state index contributed by atoms with van der Waals surface area (Å²) in [7, 11) is 0. The monoisotopic (exact) mass is 285 g/mol. The average molecular weight is 285 g/mol. The van der Waals surface area contributed by atoms with Crippen LogP contribution in [0.15, 0.2) is 40.1 Å². The van der Waals surface area contributed by atoms with Gasteiger partial charge in [0.05, 0.1) is 11.6 Å². The Morgan fingerprint density at radius 1 is 1.48 bits per heavy atom. The summed E-state index contributed by atoms with van der Waals surface area (Å²) in [5.74, 6) is 1.47. The topological polar surface area (TPSA) is 90.9 Å². The van der Waals surface area contributed by atoms with Gasteiger partial charge in [0, 0.05) is 24.5 Å². The minimum Gasteiger partial charge on any atom is -0.383 e. The minimum atomic E-state index is -0.0787. The SMILES string of the molecule is CCN(C1=NC=NC2NNC=C12)[C@@H](C)c1cccnc1N. The minimum absolute atomic E-state index is 0.0787. The van der Waals surface area contributed by atoms with E-state index in [2.05, 4.69) is 44.6 Å². The molecule has 2 atom stereocenters. The number of nitrogen functional groups attached to an aromatic ring is 1. The van der Waals surface area contributed by atoms with Gasteiger partial charge in [-0.1, -0.05) is 6.07 Å². The van der Waals surface area contributed by atoms with Crippen LogP contribution in [0.2, 0.25) is 0 Å². The second kappa shape index (κ2) is 5.53. The average Bonchev–Trinajstić information content (AvgIpc) is 2.97. The highest BCUT2D eigenvalue weighted by Crippen LogP contribution is 2.27. The van der Waals surface area contributed by atoms with Gasteiger partial charge >= 0.3 is 0 Å². The molecule has 2 aliphatic rings. The van der Waals surface area contributed by atoms with Gasteiger partial charge in [0.15, 0.2) is 0 Å². The molecule has 7 heteroatoms. The molecule has 1 unspecified atom stereocenters. The zero-order valence-corrected chi connectivity index (χ0v) is 12.1. The van der Waals surface area contributed by atoms with E-state index < -0.39 is 0 Å². The number of rotatable bonds is 3. The van der Waals surface area contributed by atoms with Gasteiger partial charge in [-0.2, -0.15) is 0 Å². The van der Waals surface area contributed by atoms with Crippen molar-refractivity contribution in [2.75, 3.05) is 12.3 Å². The molecule has 2 aliphatic heterocycles. The number of likely N-dealkylation sites (N-methyl/N-ethyl adjacent to an activating group) is 1. The molecule has 0 saturated carbocycles. The van der Waals surface area contributed by atoms with Crippen molar-refractivity contribution < 1.29 is 0 Å². The molecule has 1 aromatic heterocycles. The lowest BCUT2D eigenvalue weighted by molar-refractivity contribution is 0.351. The van der Waals surface area contributed by atoms with Crippen LogP contribution in [0.3, 0.4) is 0 Å². The zero-order valence-electron chi connectivity index (χ0n) is 12.1. The van der Waals surface area contributed by atoms with E-state index in [1.54, 1.807) is 12.5 Å². The summed E-state index contributed by atoms with van der Waals surface area (Å²) >= 11 is 0. The molecule has 0 radical (unpaired) electrons. The van der Waals surface area contributed by atoms with Crippen molar-refractivity contribution in [1.29, 1.82) is 0 Å². The van der Waals surface area contributed by atoms with Crippen molar-refractivity contribution in [3.63, 3.8) is 0 Å². The number of fused-ring (bicyclic) bond motifs is 1. The predicted molar refractivity (Wildman–Crippen MR) is 83.5 cm³/mol. The van der Waals surface area contributed by atoms with Gasteiger partial charge in [0.25, 0.3) is 0 Å². The normalized spacial score (nSPS) is 21.1. The third-order valence-corrected chi connectivity index (χ3v) is 3.80. The summed E-state index contributed by atoms with van der Waals surface area (Å²) in [6.45, 7) is 5.02. The molecule has 7 nitrogen and oxygen atoms in total. The fourth-order valence-electron chi connectivity index (χ4n) is 2.69.